The van der Waals surface area contributed by atoms with Gasteiger partial charge in [0.1, 0.15) is 0 Å². The summed E-state index contributed by atoms with van der Waals surface area (Å²) in [6, 6.07) is 15.5. The van der Waals surface area contributed by atoms with Gasteiger partial charge in [-0.2, -0.15) is 0 Å². The highest BCUT2D eigenvalue weighted by atomic mass is 127. The van der Waals surface area contributed by atoms with Crippen LogP contribution in [0.3, 0.4) is 0 Å². The van der Waals surface area contributed by atoms with Crippen molar-refractivity contribution in [3.05, 3.63) is 68.8 Å². The van der Waals surface area contributed by atoms with Gasteiger partial charge in [0.25, 0.3) is 5.91 Å². The van der Waals surface area contributed by atoms with Gasteiger partial charge in [0.15, 0.2) is 0 Å². The second-order valence-electron chi connectivity index (χ2n) is 5.58. The molecule has 24 heavy (non-hydrogen) atoms. The number of halogens is 1. The molecule has 1 N–H and O–H groups in total. The Balaban J connectivity index is 1.87. The van der Waals surface area contributed by atoms with Crippen molar-refractivity contribution in [2.24, 2.45) is 0 Å². The van der Waals surface area contributed by atoms with E-state index in [0.717, 1.165) is 15.6 Å². The van der Waals surface area contributed by atoms with E-state index in [2.05, 4.69) is 47.0 Å². The summed E-state index contributed by atoms with van der Waals surface area (Å²) >= 11 is 2.11. The van der Waals surface area contributed by atoms with Crippen molar-refractivity contribution in [1.82, 2.24) is 10.2 Å². The topological polar surface area (TPSA) is 49.4 Å². The minimum absolute atomic E-state index is 0.00660. The summed E-state index contributed by atoms with van der Waals surface area (Å²) in [5.41, 5.74) is 2.94. The van der Waals surface area contributed by atoms with E-state index in [9.17, 15) is 9.59 Å². The molecule has 2 rings (SSSR count). The van der Waals surface area contributed by atoms with Crippen LogP contribution in [0, 0.1) is 3.57 Å². The van der Waals surface area contributed by atoms with E-state index in [1.165, 1.54) is 5.56 Å². The van der Waals surface area contributed by atoms with Crippen LogP contribution >= 0.6 is 22.6 Å². The van der Waals surface area contributed by atoms with Crippen LogP contribution in [0.15, 0.2) is 48.5 Å². The standard InChI is InChI=1S/C19H21IN2O2/c1-3-14-8-10-15(11-9-14)13-22(2)18(23)12-21-19(24)16-6-4-5-7-17(16)20/h4-11H,3,12-13H2,1-2H3,(H,21,24). The number of benzene rings is 2. The molecule has 0 aliphatic rings. The van der Waals surface area contributed by atoms with Gasteiger partial charge < -0.3 is 10.2 Å². The van der Waals surface area contributed by atoms with Gasteiger partial charge in [-0.3, -0.25) is 9.59 Å². The number of hydrogen-bond donors (Lipinski definition) is 1. The molecule has 4 nitrogen and oxygen atoms in total. The first kappa shape index (κ1) is 18.4. The summed E-state index contributed by atoms with van der Waals surface area (Å²) in [6.45, 7) is 2.64. The fourth-order valence-electron chi connectivity index (χ4n) is 2.27. The van der Waals surface area contributed by atoms with E-state index in [4.69, 9.17) is 0 Å². The van der Waals surface area contributed by atoms with Gasteiger partial charge in [-0.05, 0) is 52.3 Å². The van der Waals surface area contributed by atoms with Crippen molar-refractivity contribution in [3.8, 4) is 0 Å². The quantitative estimate of drug-likeness (QED) is 0.708. The zero-order chi connectivity index (χ0) is 17.5. The second-order valence-corrected chi connectivity index (χ2v) is 6.74. The van der Waals surface area contributed by atoms with Gasteiger partial charge in [0.2, 0.25) is 5.91 Å². The van der Waals surface area contributed by atoms with Crippen molar-refractivity contribution in [2.45, 2.75) is 19.9 Å². The number of aryl methyl sites for hydroxylation is 1. The molecule has 0 bridgehead atoms. The zero-order valence-electron chi connectivity index (χ0n) is 13.9. The average Bonchev–Trinajstić information content (AvgIpc) is 2.60. The first-order chi connectivity index (χ1) is 11.5. The summed E-state index contributed by atoms with van der Waals surface area (Å²) < 4.78 is 0.865. The minimum atomic E-state index is -0.228. The van der Waals surface area contributed by atoms with Crippen LogP contribution in [0.25, 0.3) is 0 Å². The lowest BCUT2D eigenvalue weighted by atomic mass is 10.1. The lowest BCUT2D eigenvalue weighted by Gasteiger charge is -2.18. The van der Waals surface area contributed by atoms with Gasteiger partial charge in [0.05, 0.1) is 12.1 Å². The van der Waals surface area contributed by atoms with Gasteiger partial charge in [-0.25, -0.2) is 0 Å². The number of nitrogens with one attached hydrogen (secondary N) is 1. The largest absolute Gasteiger partial charge is 0.343 e. The van der Waals surface area contributed by atoms with E-state index in [1.807, 2.05) is 30.3 Å². The number of carbonyl (C=O) groups is 2. The third-order valence-electron chi connectivity index (χ3n) is 3.80. The first-order valence-electron chi connectivity index (χ1n) is 7.85. The Morgan fingerprint density at radius 1 is 1.04 bits per heavy atom. The smallest absolute Gasteiger partial charge is 0.252 e. The number of amides is 2. The summed E-state index contributed by atoms with van der Waals surface area (Å²) in [5, 5.41) is 2.69. The van der Waals surface area contributed by atoms with Crippen molar-refractivity contribution >= 4 is 34.4 Å². The highest BCUT2D eigenvalue weighted by molar-refractivity contribution is 14.1. The highest BCUT2D eigenvalue weighted by Gasteiger charge is 2.13. The van der Waals surface area contributed by atoms with Crippen LogP contribution in [0.5, 0.6) is 0 Å². The number of carbonyl (C=O) groups excluding carboxylic acids is 2. The normalized spacial score (nSPS) is 10.3. The maximum atomic E-state index is 12.2. The van der Waals surface area contributed by atoms with Gasteiger partial charge in [-0.15, -0.1) is 0 Å². The molecule has 0 spiro atoms. The molecule has 126 valence electrons. The summed E-state index contributed by atoms with van der Waals surface area (Å²) in [6.07, 6.45) is 0.999. The van der Waals surface area contributed by atoms with Gasteiger partial charge in [0, 0.05) is 17.2 Å². The average molecular weight is 436 g/mol. The van der Waals surface area contributed by atoms with Gasteiger partial charge >= 0.3 is 0 Å². The van der Waals surface area contributed by atoms with Crippen LogP contribution in [-0.2, 0) is 17.8 Å². The van der Waals surface area contributed by atoms with Crippen LogP contribution < -0.4 is 5.32 Å². The Morgan fingerprint density at radius 3 is 2.29 bits per heavy atom. The minimum Gasteiger partial charge on any atom is -0.343 e. The summed E-state index contributed by atoms with van der Waals surface area (Å²) in [4.78, 5) is 26.0. The molecule has 2 aromatic carbocycles. The molecule has 0 aromatic heterocycles. The van der Waals surface area contributed by atoms with Crippen molar-refractivity contribution in [2.75, 3.05) is 13.6 Å². The predicted molar refractivity (Wildman–Crippen MR) is 104 cm³/mol. The molecule has 2 aromatic rings. The first-order valence-corrected chi connectivity index (χ1v) is 8.93. The SMILES string of the molecule is CCc1ccc(CN(C)C(=O)CNC(=O)c2ccccc2I)cc1. The summed E-state index contributed by atoms with van der Waals surface area (Å²) in [5.74, 6) is -0.345. The molecule has 0 aliphatic heterocycles. The number of hydrogen-bond acceptors (Lipinski definition) is 2. The third kappa shape index (κ3) is 5.06. The van der Waals surface area contributed by atoms with E-state index in [-0.39, 0.29) is 18.4 Å². The molecule has 0 atom stereocenters. The Hall–Kier alpha value is -1.89. The molecule has 0 aliphatic carbocycles. The molecule has 0 saturated carbocycles. The van der Waals surface area contributed by atoms with E-state index >= 15 is 0 Å². The van der Waals surface area contributed by atoms with Crippen LogP contribution in [0.1, 0.15) is 28.4 Å². The molecule has 0 radical (unpaired) electrons. The predicted octanol–water partition coefficient (Wildman–Crippen LogP) is 3.24. The summed E-state index contributed by atoms with van der Waals surface area (Å²) in [7, 11) is 1.74. The molecule has 0 heterocycles. The lowest BCUT2D eigenvalue weighted by molar-refractivity contribution is -0.129. The zero-order valence-corrected chi connectivity index (χ0v) is 16.0. The molecule has 0 saturated heterocycles. The monoisotopic (exact) mass is 436 g/mol. The van der Waals surface area contributed by atoms with Crippen LogP contribution in [0.4, 0.5) is 0 Å². The fraction of sp³-hybridized carbons (Fsp3) is 0.263. The molecule has 0 fully saturated rings. The number of nitrogens with zero attached hydrogens (tertiary/aromatic N) is 1. The lowest BCUT2D eigenvalue weighted by Crippen LogP contribution is -2.38. The maximum absolute atomic E-state index is 12.2. The number of rotatable bonds is 6. The molecular formula is C19H21IN2O2. The highest BCUT2D eigenvalue weighted by Crippen LogP contribution is 2.11. The Kier molecular flexibility index (Phi) is 6.78. The Bertz CT molecular complexity index is 714. The maximum Gasteiger partial charge on any atom is 0.252 e. The fourth-order valence-corrected chi connectivity index (χ4v) is 2.91. The second kappa shape index (κ2) is 8.82. The van der Waals surface area contributed by atoms with Crippen molar-refractivity contribution in [1.29, 1.82) is 0 Å². The van der Waals surface area contributed by atoms with Gasteiger partial charge in [-0.1, -0.05) is 43.3 Å². The van der Waals surface area contributed by atoms with E-state index in [0.29, 0.717) is 12.1 Å². The molecule has 5 heteroatoms. The van der Waals surface area contributed by atoms with E-state index < -0.39 is 0 Å². The number of likely N-dealkylation sites (N-methyl/N-ethyl adjacent to an activating group) is 1. The third-order valence-corrected chi connectivity index (χ3v) is 4.74. The molecule has 2 amide bonds. The Labute approximate surface area is 156 Å². The van der Waals surface area contributed by atoms with Crippen LogP contribution in [-0.4, -0.2) is 30.3 Å². The molecule has 0 unspecified atom stereocenters. The van der Waals surface area contributed by atoms with Crippen molar-refractivity contribution in [3.63, 3.8) is 0 Å². The molecular weight excluding hydrogens is 415 g/mol. The van der Waals surface area contributed by atoms with Crippen LogP contribution in [0.2, 0.25) is 0 Å². The Morgan fingerprint density at radius 2 is 1.67 bits per heavy atom. The van der Waals surface area contributed by atoms with E-state index in [1.54, 1.807) is 18.0 Å². The van der Waals surface area contributed by atoms with Crippen molar-refractivity contribution < 1.29 is 9.59 Å².